The molecule has 3 rings (SSSR count). The summed E-state index contributed by atoms with van der Waals surface area (Å²) in [5.41, 5.74) is 1.64. The number of anilines is 1. The Kier molecular flexibility index (Phi) is 6.99. The smallest absolute Gasteiger partial charge is 0.280 e. The molecular weight excluding hydrogens is 416 g/mol. The van der Waals surface area contributed by atoms with Gasteiger partial charge in [0.1, 0.15) is 0 Å². The van der Waals surface area contributed by atoms with Gasteiger partial charge in [0, 0.05) is 21.5 Å². The average molecular weight is 443 g/mol. The summed E-state index contributed by atoms with van der Waals surface area (Å²) in [5, 5.41) is 10.6. The molecule has 8 heteroatoms. The molecule has 158 valence electrons. The summed E-state index contributed by atoms with van der Waals surface area (Å²) in [6, 6.07) is 10.7. The number of thiophene rings is 1. The fourth-order valence-corrected chi connectivity index (χ4v) is 4.21. The Labute approximate surface area is 185 Å². The Morgan fingerprint density at radius 2 is 1.90 bits per heavy atom. The topological polar surface area (TPSA) is 75.2 Å². The summed E-state index contributed by atoms with van der Waals surface area (Å²) < 4.78 is 3.83. The van der Waals surface area contributed by atoms with E-state index in [1.165, 1.54) is 16.2 Å². The first kappa shape index (κ1) is 22.1. The third kappa shape index (κ3) is 4.94. The van der Waals surface area contributed by atoms with Gasteiger partial charge in [0.2, 0.25) is 5.91 Å². The van der Waals surface area contributed by atoms with Crippen molar-refractivity contribution in [1.82, 2.24) is 14.9 Å². The summed E-state index contributed by atoms with van der Waals surface area (Å²) in [6.07, 6.45) is 1.66. The lowest BCUT2D eigenvalue weighted by molar-refractivity contribution is -0.124. The van der Waals surface area contributed by atoms with Crippen molar-refractivity contribution in [3.63, 3.8) is 0 Å². The number of nitrogens with one attached hydrogen (secondary N) is 1. The van der Waals surface area contributed by atoms with Crippen LogP contribution in [0.5, 0.6) is 0 Å². The molecule has 3 aromatic rings. The first-order valence-corrected chi connectivity index (χ1v) is 11.6. The molecule has 0 aliphatic carbocycles. The minimum atomic E-state index is -0.808. The highest BCUT2D eigenvalue weighted by Crippen LogP contribution is 2.33. The van der Waals surface area contributed by atoms with Gasteiger partial charge < -0.3 is 5.32 Å². The first-order valence-electron chi connectivity index (χ1n) is 9.91. The fourth-order valence-electron chi connectivity index (χ4n) is 2.97. The summed E-state index contributed by atoms with van der Waals surface area (Å²) in [6.45, 7) is 8.05. The van der Waals surface area contributed by atoms with E-state index in [1.54, 1.807) is 5.38 Å². The molecule has 6 nitrogen and oxygen atoms in total. The van der Waals surface area contributed by atoms with Crippen molar-refractivity contribution in [2.45, 2.75) is 52.1 Å². The Bertz CT molecular complexity index is 967. The molecular formula is C22H26N4O2S2. The summed E-state index contributed by atoms with van der Waals surface area (Å²) >= 11 is 2.56. The third-order valence-corrected chi connectivity index (χ3v) is 6.51. The number of aryl methyl sites for hydroxylation is 1. The van der Waals surface area contributed by atoms with Crippen molar-refractivity contribution in [2.75, 3.05) is 4.90 Å². The van der Waals surface area contributed by atoms with Crippen molar-refractivity contribution < 1.29 is 9.59 Å². The van der Waals surface area contributed by atoms with Crippen LogP contribution < -0.4 is 10.2 Å². The number of hydrogen-bond acceptors (Lipinski definition) is 6. The standard InChI is InChI=1S/C22H26N4O2S2/c1-5-15-9-11-16(12-10-15)26(21(28)17-14-30-25-24-17)19(18-8-7-13-29-18)20(27)23-22(3,4)6-2/h7-14,19H,5-6H2,1-4H3,(H,23,27). The third-order valence-electron chi connectivity index (χ3n) is 5.09. The molecule has 0 aliphatic heterocycles. The lowest BCUT2D eigenvalue weighted by Gasteiger charge is -2.33. The van der Waals surface area contributed by atoms with Crippen molar-refractivity contribution in [1.29, 1.82) is 0 Å². The molecule has 1 unspecified atom stereocenters. The number of rotatable bonds is 8. The molecule has 0 saturated heterocycles. The Morgan fingerprint density at radius 3 is 2.43 bits per heavy atom. The van der Waals surface area contributed by atoms with E-state index in [9.17, 15) is 9.59 Å². The molecule has 0 saturated carbocycles. The highest BCUT2D eigenvalue weighted by Gasteiger charge is 2.36. The number of hydrogen-bond donors (Lipinski definition) is 1. The van der Waals surface area contributed by atoms with Gasteiger partial charge >= 0.3 is 0 Å². The van der Waals surface area contributed by atoms with Gasteiger partial charge in [-0.15, -0.1) is 16.4 Å². The van der Waals surface area contributed by atoms with Crippen LogP contribution in [0.15, 0.2) is 47.2 Å². The van der Waals surface area contributed by atoms with E-state index in [1.807, 2.05) is 62.5 Å². The van der Waals surface area contributed by atoms with Gasteiger partial charge in [0.25, 0.3) is 5.91 Å². The number of benzene rings is 1. The van der Waals surface area contributed by atoms with Crippen LogP contribution in [-0.4, -0.2) is 26.9 Å². The molecule has 0 bridgehead atoms. The van der Waals surface area contributed by atoms with Gasteiger partial charge in [-0.2, -0.15) is 0 Å². The maximum absolute atomic E-state index is 13.5. The number of amides is 2. The molecule has 0 spiro atoms. The summed E-state index contributed by atoms with van der Waals surface area (Å²) in [4.78, 5) is 29.3. The predicted molar refractivity (Wildman–Crippen MR) is 122 cm³/mol. The molecule has 0 radical (unpaired) electrons. The van der Waals surface area contributed by atoms with Crippen LogP contribution in [-0.2, 0) is 11.2 Å². The molecule has 1 N–H and O–H groups in total. The van der Waals surface area contributed by atoms with Gasteiger partial charge in [-0.25, -0.2) is 0 Å². The minimum absolute atomic E-state index is 0.222. The van der Waals surface area contributed by atoms with Crippen LogP contribution in [0.4, 0.5) is 5.69 Å². The summed E-state index contributed by atoms with van der Waals surface area (Å²) in [7, 11) is 0. The lowest BCUT2D eigenvalue weighted by Crippen LogP contribution is -2.50. The van der Waals surface area contributed by atoms with Crippen LogP contribution in [0.25, 0.3) is 0 Å². The molecule has 30 heavy (non-hydrogen) atoms. The van der Waals surface area contributed by atoms with Crippen LogP contribution in [0.1, 0.15) is 61.1 Å². The molecule has 2 heterocycles. The Morgan fingerprint density at radius 1 is 1.17 bits per heavy atom. The predicted octanol–water partition coefficient (Wildman–Crippen LogP) is 4.85. The second kappa shape index (κ2) is 9.49. The normalized spacial score (nSPS) is 12.4. The molecule has 1 aromatic carbocycles. The van der Waals surface area contributed by atoms with Crippen molar-refractivity contribution in [2.24, 2.45) is 0 Å². The van der Waals surface area contributed by atoms with Crippen LogP contribution >= 0.6 is 22.9 Å². The quantitative estimate of drug-likeness (QED) is 0.541. The van der Waals surface area contributed by atoms with Gasteiger partial charge in [0.15, 0.2) is 11.7 Å². The zero-order valence-electron chi connectivity index (χ0n) is 17.6. The monoisotopic (exact) mass is 442 g/mol. The van der Waals surface area contributed by atoms with Gasteiger partial charge in [0.05, 0.1) is 0 Å². The van der Waals surface area contributed by atoms with Crippen molar-refractivity contribution in [3.05, 3.63) is 63.3 Å². The van der Waals surface area contributed by atoms with E-state index in [-0.39, 0.29) is 17.5 Å². The maximum Gasteiger partial charge on any atom is 0.280 e. The van der Waals surface area contributed by atoms with Crippen LogP contribution in [0.3, 0.4) is 0 Å². The number of nitrogens with zero attached hydrogens (tertiary/aromatic N) is 3. The van der Waals surface area contributed by atoms with Gasteiger partial charge in [-0.05, 0) is 67.4 Å². The van der Waals surface area contributed by atoms with Crippen molar-refractivity contribution in [3.8, 4) is 0 Å². The van der Waals surface area contributed by atoms with E-state index < -0.39 is 11.6 Å². The Hall–Kier alpha value is -2.58. The summed E-state index contributed by atoms with van der Waals surface area (Å²) in [5.74, 6) is -0.573. The van der Waals surface area contributed by atoms with E-state index in [0.29, 0.717) is 5.69 Å². The minimum Gasteiger partial charge on any atom is -0.349 e. The number of carbonyl (C=O) groups is 2. The van der Waals surface area contributed by atoms with Crippen LogP contribution in [0, 0.1) is 0 Å². The maximum atomic E-state index is 13.5. The van der Waals surface area contributed by atoms with E-state index in [0.717, 1.165) is 34.8 Å². The van der Waals surface area contributed by atoms with E-state index >= 15 is 0 Å². The zero-order chi connectivity index (χ0) is 21.7. The second-order valence-corrected chi connectivity index (χ2v) is 9.22. The first-order chi connectivity index (χ1) is 14.4. The fraction of sp³-hybridized carbons (Fsp3) is 0.364. The second-order valence-electron chi connectivity index (χ2n) is 7.63. The van der Waals surface area contributed by atoms with E-state index in [2.05, 4.69) is 21.8 Å². The number of aromatic nitrogens is 2. The SMILES string of the molecule is CCc1ccc(N(C(=O)c2csnn2)C(C(=O)NC(C)(C)CC)c2cccs2)cc1. The zero-order valence-corrected chi connectivity index (χ0v) is 19.2. The molecule has 0 aliphatic rings. The molecule has 0 fully saturated rings. The van der Waals surface area contributed by atoms with Gasteiger partial charge in [-0.1, -0.05) is 36.5 Å². The largest absolute Gasteiger partial charge is 0.349 e. The van der Waals surface area contributed by atoms with Gasteiger partial charge in [-0.3, -0.25) is 14.5 Å². The number of carbonyl (C=O) groups excluding carboxylic acids is 2. The average Bonchev–Trinajstić information content (AvgIpc) is 3.45. The Balaban J connectivity index is 2.10. The molecule has 1 atom stereocenters. The molecule has 2 aromatic heterocycles. The van der Waals surface area contributed by atoms with E-state index in [4.69, 9.17) is 0 Å². The highest BCUT2D eigenvalue weighted by molar-refractivity contribution is 7.10. The lowest BCUT2D eigenvalue weighted by atomic mass is 10.0. The van der Waals surface area contributed by atoms with Crippen molar-refractivity contribution >= 4 is 40.4 Å². The highest BCUT2D eigenvalue weighted by atomic mass is 32.1. The van der Waals surface area contributed by atoms with Crippen LogP contribution in [0.2, 0.25) is 0 Å². The molecule has 2 amide bonds.